The monoisotopic (exact) mass is 347 g/mol. The second-order valence-electron chi connectivity index (χ2n) is 5.46. The number of carbonyl (C=O) groups excluding carboxylic acids is 1. The van der Waals surface area contributed by atoms with E-state index >= 15 is 0 Å². The van der Waals surface area contributed by atoms with Gasteiger partial charge in [0.05, 0.1) is 5.25 Å². The van der Waals surface area contributed by atoms with E-state index in [2.05, 4.69) is 26.7 Å². The lowest BCUT2D eigenvalue weighted by atomic mass is 10.2. The molecule has 1 atom stereocenters. The van der Waals surface area contributed by atoms with Gasteiger partial charge in [-0.2, -0.15) is 0 Å². The van der Waals surface area contributed by atoms with Crippen LogP contribution in [0.3, 0.4) is 0 Å². The van der Waals surface area contributed by atoms with Gasteiger partial charge >= 0.3 is 0 Å². The van der Waals surface area contributed by atoms with Crippen molar-refractivity contribution in [2.75, 3.05) is 13.1 Å². The summed E-state index contributed by atoms with van der Waals surface area (Å²) in [7, 11) is 0. The van der Waals surface area contributed by atoms with Crippen LogP contribution in [-0.4, -0.2) is 48.9 Å². The van der Waals surface area contributed by atoms with Crippen LogP contribution in [-0.2, 0) is 11.3 Å². The standard InChI is InChI=1S/C17H25N5OS/c1-5-12-22-15(14-8-10-18-11-9-14)19-20-17(22)24-13(4)16(23)21(6-2)7-3/h8-11,13H,5-7,12H2,1-4H3. The third-order valence-electron chi connectivity index (χ3n) is 3.81. The fourth-order valence-electron chi connectivity index (χ4n) is 2.52. The zero-order valence-electron chi connectivity index (χ0n) is 14.8. The minimum atomic E-state index is -0.185. The van der Waals surface area contributed by atoms with E-state index in [4.69, 9.17) is 0 Å². The molecule has 0 bridgehead atoms. The molecule has 0 aliphatic heterocycles. The molecule has 1 unspecified atom stereocenters. The Labute approximate surface area is 147 Å². The molecule has 6 nitrogen and oxygen atoms in total. The zero-order valence-corrected chi connectivity index (χ0v) is 15.6. The Morgan fingerprint density at radius 1 is 1.21 bits per heavy atom. The minimum Gasteiger partial charge on any atom is -0.342 e. The summed E-state index contributed by atoms with van der Waals surface area (Å²) in [6, 6.07) is 3.85. The lowest BCUT2D eigenvalue weighted by molar-refractivity contribution is -0.129. The van der Waals surface area contributed by atoms with Crippen molar-refractivity contribution in [3.63, 3.8) is 0 Å². The molecule has 0 aliphatic rings. The SMILES string of the molecule is CCCn1c(SC(C)C(=O)N(CC)CC)nnc1-c1ccncc1. The van der Waals surface area contributed by atoms with Crippen LogP contribution in [0.5, 0.6) is 0 Å². The van der Waals surface area contributed by atoms with Crippen LogP contribution in [0, 0.1) is 0 Å². The number of amides is 1. The number of rotatable bonds is 8. The topological polar surface area (TPSA) is 63.9 Å². The molecule has 0 fully saturated rings. The molecule has 0 saturated carbocycles. The first-order valence-corrected chi connectivity index (χ1v) is 9.29. The van der Waals surface area contributed by atoms with E-state index in [1.54, 1.807) is 12.4 Å². The fraction of sp³-hybridized carbons (Fsp3) is 0.529. The van der Waals surface area contributed by atoms with E-state index in [9.17, 15) is 4.79 Å². The van der Waals surface area contributed by atoms with Gasteiger partial charge in [-0.25, -0.2) is 0 Å². The third-order valence-corrected chi connectivity index (χ3v) is 4.88. The Hall–Kier alpha value is -1.89. The first-order valence-electron chi connectivity index (χ1n) is 8.41. The van der Waals surface area contributed by atoms with Crippen LogP contribution in [0.25, 0.3) is 11.4 Å². The first kappa shape index (κ1) is 18.4. The molecule has 130 valence electrons. The molecule has 2 rings (SSSR count). The van der Waals surface area contributed by atoms with E-state index in [1.807, 2.05) is 37.8 Å². The van der Waals surface area contributed by atoms with Gasteiger partial charge in [-0.05, 0) is 39.3 Å². The summed E-state index contributed by atoms with van der Waals surface area (Å²) >= 11 is 1.48. The van der Waals surface area contributed by atoms with Crippen molar-refractivity contribution < 1.29 is 4.79 Å². The molecule has 7 heteroatoms. The van der Waals surface area contributed by atoms with E-state index in [1.165, 1.54) is 11.8 Å². The van der Waals surface area contributed by atoms with Gasteiger partial charge in [-0.1, -0.05) is 18.7 Å². The van der Waals surface area contributed by atoms with Crippen molar-refractivity contribution in [2.24, 2.45) is 0 Å². The maximum Gasteiger partial charge on any atom is 0.235 e. The number of hydrogen-bond donors (Lipinski definition) is 0. The lowest BCUT2D eigenvalue weighted by Gasteiger charge is -2.22. The molecule has 2 heterocycles. The molecular formula is C17H25N5OS. The van der Waals surface area contributed by atoms with Gasteiger partial charge in [-0.15, -0.1) is 10.2 Å². The molecule has 2 aromatic rings. The van der Waals surface area contributed by atoms with E-state index in [0.717, 1.165) is 42.6 Å². The average molecular weight is 347 g/mol. The summed E-state index contributed by atoms with van der Waals surface area (Å²) in [4.78, 5) is 18.4. The highest BCUT2D eigenvalue weighted by atomic mass is 32.2. The van der Waals surface area contributed by atoms with Crippen LogP contribution in [0.15, 0.2) is 29.7 Å². The minimum absolute atomic E-state index is 0.140. The summed E-state index contributed by atoms with van der Waals surface area (Å²) in [5.74, 6) is 0.964. The van der Waals surface area contributed by atoms with Crippen LogP contribution in [0.2, 0.25) is 0 Å². The number of pyridine rings is 1. The fourth-order valence-corrected chi connectivity index (χ4v) is 3.48. The van der Waals surface area contributed by atoms with Gasteiger partial charge in [0.15, 0.2) is 11.0 Å². The van der Waals surface area contributed by atoms with Gasteiger partial charge in [0.1, 0.15) is 0 Å². The number of aromatic nitrogens is 4. The van der Waals surface area contributed by atoms with Crippen LogP contribution >= 0.6 is 11.8 Å². The Balaban J connectivity index is 2.24. The second kappa shape index (κ2) is 8.82. The molecule has 2 aromatic heterocycles. The summed E-state index contributed by atoms with van der Waals surface area (Å²) in [6.45, 7) is 10.3. The molecule has 1 amide bonds. The summed E-state index contributed by atoms with van der Waals surface area (Å²) < 4.78 is 2.09. The summed E-state index contributed by atoms with van der Waals surface area (Å²) in [5, 5.41) is 9.27. The largest absolute Gasteiger partial charge is 0.342 e. The maximum atomic E-state index is 12.5. The Bertz CT molecular complexity index is 654. The van der Waals surface area contributed by atoms with Crippen LogP contribution in [0.4, 0.5) is 0 Å². The van der Waals surface area contributed by atoms with Crippen LogP contribution < -0.4 is 0 Å². The van der Waals surface area contributed by atoms with Gasteiger partial charge in [0, 0.05) is 37.6 Å². The number of thioether (sulfide) groups is 1. The highest BCUT2D eigenvalue weighted by Crippen LogP contribution is 2.27. The van der Waals surface area contributed by atoms with Gasteiger partial charge in [-0.3, -0.25) is 9.78 Å². The third kappa shape index (κ3) is 4.14. The van der Waals surface area contributed by atoms with Crippen molar-refractivity contribution in [3.05, 3.63) is 24.5 Å². The number of nitrogens with zero attached hydrogens (tertiary/aromatic N) is 5. The lowest BCUT2D eigenvalue weighted by Crippen LogP contribution is -2.36. The van der Waals surface area contributed by atoms with Crippen molar-refractivity contribution in [1.82, 2.24) is 24.6 Å². The Kier molecular flexibility index (Phi) is 6.78. The number of carbonyl (C=O) groups is 1. The van der Waals surface area contributed by atoms with Crippen molar-refractivity contribution in [3.8, 4) is 11.4 Å². The van der Waals surface area contributed by atoms with Crippen molar-refractivity contribution in [1.29, 1.82) is 0 Å². The molecule has 0 spiro atoms. The average Bonchev–Trinajstić information content (AvgIpc) is 2.99. The molecule has 0 N–H and O–H groups in total. The van der Waals surface area contributed by atoms with E-state index < -0.39 is 0 Å². The molecule has 0 aliphatic carbocycles. The smallest absolute Gasteiger partial charge is 0.235 e. The highest BCUT2D eigenvalue weighted by molar-refractivity contribution is 8.00. The van der Waals surface area contributed by atoms with E-state index in [-0.39, 0.29) is 11.2 Å². The molecule has 0 aromatic carbocycles. The molecular weight excluding hydrogens is 322 g/mol. The zero-order chi connectivity index (χ0) is 17.5. The second-order valence-corrected chi connectivity index (χ2v) is 6.77. The Morgan fingerprint density at radius 2 is 1.88 bits per heavy atom. The van der Waals surface area contributed by atoms with Crippen molar-refractivity contribution >= 4 is 17.7 Å². The van der Waals surface area contributed by atoms with Gasteiger partial charge in [0.25, 0.3) is 0 Å². The van der Waals surface area contributed by atoms with Gasteiger partial charge in [0.2, 0.25) is 5.91 Å². The van der Waals surface area contributed by atoms with Crippen molar-refractivity contribution in [2.45, 2.75) is 51.1 Å². The maximum absolute atomic E-state index is 12.5. The predicted molar refractivity (Wildman–Crippen MR) is 96.8 cm³/mol. The highest BCUT2D eigenvalue weighted by Gasteiger charge is 2.23. The molecule has 0 radical (unpaired) electrons. The molecule has 24 heavy (non-hydrogen) atoms. The van der Waals surface area contributed by atoms with E-state index in [0.29, 0.717) is 0 Å². The number of hydrogen-bond acceptors (Lipinski definition) is 5. The Morgan fingerprint density at radius 3 is 2.46 bits per heavy atom. The molecule has 0 saturated heterocycles. The quantitative estimate of drug-likeness (QED) is 0.687. The van der Waals surface area contributed by atoms with Crippen LogP contribution in [0.1, 0.15) is 34.1 Å². The summed E-state index contributed by atoms with van der Waals surface area (Å²) in [6.07, 6.45) is 4.47. The summed E-state index contributed by atoms with van der Waals surface area (Å²) in [5.41, 5.74) is 0.987. The predicted octanol–water partition coefficient (Wildman–Crippen LogP) is 3.10. The normalized spacial score (nSPS) is 12.2. The van der Waals surface area contributed by atoms with Gasteiger partial charge < -0.3 is 9.47 Å². The first-order chi connectivity index (χ1) is 11.6.